The Balaban J connectivity index is 2.09. The van der Waals surface area contributed by atoms with Gasteiger partial charge in [0.25, 0.3) is 0 Å². The van der Waals surface area contributed by atoms with Gasteiger partial charge in [0.05, 0.1) is 23.6 Å². The zero-order valence-corrected chi connectivity index (χ0v) is 10.5. The van der Waals surface area contributed by atoms with Crippen molar-refractivity contribution in [3.8, 4) is 0 Å². The van der Waals surface area contributed by atoms with E-state index in [9.17, 15) is 4.79 Å². The molecule has 0 atom stereocenters. The van der Waals surface area contributed by atoms with Crippen molar-refractivity contribution in [1.29, 1.82) is 0 Å². The monoisotopic (exact) mass is 249 g/mol. The Morgan fingerprint density at radius 1 is 1.50 bits per heavy atom. The maximum Gasteiger partial charge on any atom is 0.371 e. The fraction of sp³-hybridized carbons (Fsp3) is 0.333. The summed E-state index contributed by atoms with van der Waals surface area (Å²) in [6.07, 6.45) is 0. The zero-order valence-electron chi connectivity index (χ0n) is 10.5. The van der Waals surface area contributed by atoms with Crippen LogP contribution in [0.1, 0.15) is 27.7 Å². The van der Waals surface area contributed by atoms with Gasteiger partial charge in [0.2, 0.25) is 5.76 Å². The van der Waals surface area contributed by atoms with E-state index < -0.39 is 5.97 Å². The van der Waals surface area contributed by atoms with Gasteiger partial charge in [0.1, 0.15) is 5.76 Å². The summed E-state index contributed by atoms with van der Waals surface area (Å²) in [7, 11) is 1.88. The highest BCUT2D eigenvalue weighted by Crippen LogP contribution is 2.19. The van der Waals surface area contributed by atoms with E-state index in [0.717, 1.165) is 17.1 Å². The van der Waals surface area contributed by atoms with Gasteiger partial charge in [-0.3, -0.25) is 4.68 Å². The van der Waals surface area contributed by atoms with Crippen molar-refractivity contribution in [2.24, 2.45) is 7.05 Å². The average molecular weight is 249 g/mol. The molecule has 0 radical (unpaired) electrons. The molecule has 6 heteroatoms. The molecule has 2 N–H and O–H groups in total. The summed E-state index contributed by atoms with van der Waals surface area (Å²) in [6, 6.07) is 3.10. The van der Waals surface area contributed by atoms with E-state index in [1.54, 1.807) is 10.7 Å². The molecular formula is C12H15N3O3. The third kappa shape index (κ3) is 2.22. The summed E-state index contributed by atoms with van der Waals surface area (Å²) >= 11 is 0. The van der Waals surface area contributed by atoms with Gasteiger partial charge in [-0.25, -0.2) is 4.79 Å². The maximum atomic E-state index is 10.7. The summed E-state index contributed by atoms with van der Waals surface area (Å²) in [6.45, 7) is 4.31. The van der Waals surface area contributed by atoms with Crippen molar-refractivity contribution < 1.29 is 14.3 Å². The number of hydrogen-bond donors (Lipinski definition) is 2. The lowest BCUT2D eigenvalue weighted by Gasteiger charge is -2.04. The van der Waals surface area contributed by atoms with Crippen molar-refractivity contribution in [2.45, 2.75) is 20.4 Å². The Morgan fingerprint density at radius 3 is 2.72 bits per heavy atom. The molecule has 0 aliphatic carbocycles. The second-order valence-electron chi connectivity index (χ2n) is 4.09. The minimum Gasteiger partial charge on any atom is -0.475 e. The van der Waals surface area contributed by atoms with Crippen LogP contribution in [-0.4, -0.2) is 20.9 Å². The molecule has 0 spiro atoms. The molecule has 2 aromatic rings. The number of nitrogens with zero attached hydrogens (tertiary/aromatic N) is 2. The Labute approximate surface area is 104 Å². The highest BCUT2D eigenvalue weighted by atomic mass is 16.4. The van der Waals surface area contributed by atoms with E-state index in [4.69, 9.17) is 9.52 Å². The largest absolute Gasteiger partial charge is 0.475 e. The highest BCUT2D eigenvalue weighted by Gasteiger charge is 2.11. The maximum absolute atomic E-state index is 10.7. The van der Waals surface area contributed by atoms with Crippen LogP contribution in [0.15, 0.2) is 16.5 Å². The average Bonchev–Trinajstić information content (AvgIpc) is 2.85. The number of aromatic carboxylic acids is 1. The summed E-state index contributed by atoms with van der Waals surface area (Å²) < 4.78 is 6.96. The number of anilines is 1. The van der Waals surface area contributed by atoms with Gasteiger partial charge in [-0.15, -0.1) is 0 Å². The number of aromatic nitrogens is 2. The summed E-state index contributed by atoms with van der Waals surface area (Å²) in [4.78, 5) is 10.7. The smallest absolute Gasteiger partial charge is 0.371 e. The molecule has 0 aromatic carbocycles. The second kappa shape index (κ2) is 4.56. The van der Waals surface area contributed by atoms with Crippen molar-refractivity contribution in [1.82, 2.24) is 9.78 Å². The van der Waals surface area contributed by atoms with E-state index in [0.29, 0.717) is 12.3 Å². The van der Waals surface area contributed by atoms with Crippen LogP contribution < -0.4 is 5.32 Å². The normalized spacial score (nSPS) is 10.6. The summed E-state index contributed by atoms with van der Waals surface area (Å²) in [5, 5.41) is 16.2. The molecule has 0 bridgehead atoms. The van der Waals surface area contributed by atoms with Gasteiger partial charge in [-0.2, -0.15) is 5.10 Å². The lowest BCUT2D eigenvalue weighted by Crippen LogP contribution is -2.01. The van der Waals surface area contributed by atoms with E-state index in [1.807, 2.05) is 20.9 Å². The first-order valence-corrected chi connectivity index (χ1v) is 5.55. The third-order valence-corrected chi connectivity index (χ3v) is 2.82. The number of aryl methyl sites for hydroxylation is 2. The molecule has 0 amide bonds. The number of carbonyl (C=O) groups is 1. The van der Waals surface area contributed by atoms with Gasteiger partial charge in [0, 0.05) is 7.05 Å². The highest BCUT2D eigenvalue weighted by molar-refractivity contribution is 5.84. The predicted octanol–water partition coefficient (Wildman–Crippen LogP) is 1.94. The molecule has 0 saturated carbocycles. The van der Waals surface area contributed by atoms with Gasteiger partial charge >= 0.3 is 5.97 Å². The molecule has 0 aliphatic rings. The number of rotatable bonds is 4. The molecule has 2 aromatic heterocycles. The van der Waals surface area contributed by atoms with Crippen LogP contribution in [0, 0.1) is 13.8 Å². The summed E-state index contributed by atoms with van der Waals surface area (Å²) in [5.74, 6) is -0.531. The third-order valence-electron chi connectivity index (χ3n) is 2.82. The first-order valence-electron chi connectivity index (χ1n) is 5.55. The van der Waals surface area contributed by atoms with Crippen LogP contribution in [-0.2, 0) is 13.6 Å². The standard InChI is InChI=1S/C12H15N3O3/c1-7-11(8(2)15(3)14-7)13-6-9-4-5-10(18-9)12(16)17/h4-5,13H,6H2,1-3H3,(H,16,17). The SMILES string of the molecule is Cc1nn(C)c(C)c1NCc1ccc(C(=O)O)o1. The lowest BCUT2D eigenvalue weighted by atomic mass is 10.3. The molecule has 6 nitrogen and oxygen atoms in total. The Kier molecular flexibility index (Phi) is 3.10. The summed E-state index contributed by atoms with van der Waals surface area (Å²) in [5.41, 5.74) is 2.88. The molecule has 2 heterocycles. The number of carboxylic acid groups (broad SMARTS) is 1. The van der Waals surface area contributed by atoms with E-state index in [-0.39, 0.29) is 5.76 Å². The van der Waals surface area contributed by atoms with E-state index >= 15 is 0 Å². The van der Waals surface area contributed by atoms with Crippen LogP contribution in [0.25, 0.3) is 0 Å². The van der Waals surface area contributed by atoms with Crippen LogP contribution in [0.5, 0.6) is 0 Å². The number of nitrogens with one attached hydrogen (secondary N) is 1. The van der Waals surface area contributed by atoms with Crippen molar-refractivity contribution in [3.63, 3.8) is 0 Å². The van der Waals surface area contributed by atoms with Crippen LogP contribution >= 0.6 is 0 Å². The van der Waals surface area contributed by atoms with Crippen LogP contribution in [0.2, 0.25) is 0 Å². The van der Waals surface area contributed by atoms with Crippen LogP contribution in [0.4, 0.5) is 5.69 Å². The zero-order chi connectivity index (χ0) is 13.3. The number of carboxylic acids is 1. The van der Waals surface area contributed by atoms with Gasteiger partial charge in [-0.05, 0) is 26.0 Å². The van der Waals surface area contributed by atoms with Crippen molar-refractivity contribution >= 4 is 11.7 Å². The van der Waals surface area contributed by atoms with Gasteiger partial charge in [-0.1, -0.05) is 0 Å². The Bertz CT molecular complexity index is 583. The minimum absolute atomic E-state index is 0.0496. The molecule has 0 aliphatic heterocycles. The minimum atomic E-state index is -1.06. The van der Waals surface area contributed by atoms with E-state index in [1.165, 1.54) is 6.07 Å². The Hall–Kier alpha value is -2.24. The topological polar surface area (TPSA) is 80.3 Å². The molecular weight excluding hydrogens is 234 g/mol. The lowest BCUT2D eigenvalue weighted by molar-refractivity contribution is 0.0660. The molecule has 0 fully saturated rings. The molecule has 2 rings (SSSR count). The Morgan fingerprint density at radius 2 is 2.22 bits per heavy atom. The second-order valence-corrected chi connectivity index (χ2v) is 4.09. The van der Waals surface area contributed by atoms with Crippen molar-refractivity contribution in [3.05, 3.63) is 35.0 Å². The van der Waals surface area contributed by atoms with Crippen molar-refractivity contribution in [2.75, 3.05) is 5.32 Å². The van der Waals surface area contributed by atoms with Gasteiger partial charge < -0.3 is 14.8 Å². The molecule has 0 unspecified atom stereocenters. The van der Waals surface area contributed by atoms with E-state index in [2.05, 4.69) is 10.4 Å². The first kappa shape index (κ1) is 12.2. The molecule has 0 saturated heterocycles. The predicted molar refractivity (Wildman–Crippen MR) is 65.7 cm³/mol. The molecule has 18 heavy (non-hydrogen) atoms. The van der Waals surface area contributed by atoms with Gasteiger partial charge in [0.15, 0.2) is 0 Å². The quantitative estimate of drug-likeness (QED) is 0.865. The van der Waals surface area contributed by atoms with Crippen LogP contribution in [0.3, 0.4) is 0 Å². The molecule has 96 valence electrons. The fourth-order valence-corrected chi connectivity index (χ4v) is 1.79. The first-order chi connectivity index (χ1) is 8.49. The number of hydrogen-bond acceptors (Lipinski definition) is 4. The fourth-order valence-electron chi connectivity index (χ4n) is 1.79. The number of furan rings is 1.